The molecular formula is C21H16BrClN2O5S. The molecule has 0 unspecified atom stereocenters. The van der Waals surface area contributed by atoms with Gasteiger partial charge >= 0.3 is 11.9 Å². The molecule has 10 heteroatoms. The van der Waals surface area contributed by atoms with E-state index in [4.69, 9.17) is 21.1 Å². The number of amidine groups is 1. The van der Waals surface area contributed by atoms with Crippen LogP contribution in [0.25, 0.3) is 6.08 Å². The number of rotatable bonds is 4. The molecule has 0 saturated heterocycles. The van der Waals surface area contributed by atoms with Crippen LogP contribution in [0, 0.1) is 0 Å². The number of esters is 2. The van der Waals surface area contributed by atoms with Crippen LogP contribution in [0.5, 0.6) is 11.5 Å². The Kier molecular flexibility index (Phi) is 7.19. The van der Waals surface area contributed by atoms with Crippen molar-refractivity contribution in [3.8, 4) is 11.5 Å². The Balaban J connectivity index is 1.88. The first-order valence-corrected chi connectivity index (χ1v) is 10.8. The Morgan fingerprint density at radius 3 is 2.39 bits per heavy atom. The van der Waals surface area contributed by atoms with E-state index in [0.717, 1.165) is 5.69 Å². The van der Waals surface area contributed by atoms with Crippen molar-refractivity contribution in [3.05, 3.63) is 56.4 Å². The van der Waals surface area contributed by atoms with Crippen LogP contribution in [0.2, 0.25) is 5.02 Å². The molecule has 0 aliphatic carbocycles. The summed E-state index contributed by atoms with van der Waals surface area (Å²) >= 11 is 10.5. The van der Waals surface area contributed by atoms with Crippen LogP contribution >= 0.6 is 39.3 Å². The van der Waals surface area contributed by atoms with Crippen molar-refractivity contribution in [1.82, 2.24) is 0 Å². The van der Waals surface area contributed by atoms with E-state index in [1.165, 1.54) is 31.7 Å². The molecule has 3 rings (SSSR count). The number of hydrogen-bond acceptors (Lipinski definition) is 7. The van der Waals surface area contributed by atoms with E-state index >= 15 is 0 Å². The molecule has 1 aliphatic heterocycles. The maximum atomic E-state index is 12.4. The molecule has 31 heavy (non-hydrogen) atoms. The third kappa shape index (κ3) is 5.75. The predicted octanol–water partition coefficient (Wildman–Crippen LogP) is 5.06. The number of benzene rings is 2. The fourth-order valence-electron chi connectivity index (χ4n) is 2.61. The topological polar surface area (TPSA) is 85.3 Å². The van der Waals surface area contributed by atoms with Crippen LogP contribution in [-0.4, -0.2) is 30.1 Å². The fraction of sp³-hybridized carbons (Fsp3) is 0.143. The van der Waals surface area contributed by atoms with Gasteiger partial charge in [-0.25, -0.2) is 0 Å². The minimum Gasteiger partial charge on any atom is -0.423 e. The van der Waals surface area contributed by atoms with Crippen molar-refractivity contribution in [3.63, 3.8) is 0 Å². The second-order valence-corrected chi connectivity index (χ2v) is 8.66. The predicted molar refractivity (Wildman–Crippen MR) is 125 cm³/mol. The van der Waals surface area contributed by atoms with E-state index < -0.39 is 17.8 Å². The third-order valence-electron chi connectivity index (χ3n) is 3.94. The number of aliphatic imine (C=N–C) groups is 1. The van der Waals surface area contributed by atoms with E-state index in [0.29, 0.717) is 25.1 Å². The van der Waals surface area contributed by atoms with Gasteiger partial charge in [-0.3, -0.25) is 14.4 Å². The number of thioether (sulfide) groups is 1. The summed E-state index contributed by atoms with van der Waals surface area (Å²) in [4.78, 5) is 41.6. The van der Waals surface area contributed by atoms with Gasteiger partial charge in [-0.15, -0.1) is 0 Å². The zero-order chi connectivity index (χ0) is 22.7. The molecule has 1 heterocycles. The molecule has 0 aromatic heterocycles. The SMILES string of the molecule is CC(=O)Oc1cc(/C=C2/SC(N(C)c3ccc(Cl)cc3)=NC2=O)cc(Br)c1OC(C)=O. The Labute approximate surface area is 196 Å². The number of ether oxygens (including phenoxy) is 2. The summed E-state index contributed by atoms with van der Waals surface area (Å²) in [5.41, 5.74) is 1.38. The molecule has 0 radical (unpaired) electrons. The van der Waals surface area contributed by atoms with Gasteiger partial charge in [-0.05, 0) is 75.7 Å². The Morgan fingerprint density at radius 2 is 1.77 bits per heavy atom. The summed E-state index contributed by atoms with van der Waals surface area (Å²) in [6, 6.07) is 10.3. The molecule has 0 N–H and O–H groups in total. The molecule has 0 saturated carbocycles. The van der Waals surface area contributed by atoms with E-state index in [1.54, 1.807) is 36.2 Å². The van der Waals surface area contributed by atoms with Crippen LogP contribution in [0.15, 0.2) is 50.8 Å². The minimum absolute atomic E-state index is 0.0544. The lowest BCUT2D eigenvalue weighted by molar-refractivity contribution is -0.134. The van der Waals surface area contributed by atoms with Crippen LogP contribution in [0.1, 0.15) is 19.4 Å². The van der Waals surface area contributed by atoms with Crippen molar-refractivity contribution in [1.29, 1.82) is 0 Å². The number of anilines is 1. The van der Waals surface area contributed by atoms with Crippen LogP contribution < -0.4 is 14.4 Å². The molecule has 1 amide bonds. The van der Waals surface area contributed by atoms with Crippen molar-refractivity contribution >= 4 is 74.1 Å². The number of halogens is 2. The zero-order valence-corrected chi connectivity index (χ0v) is 19.8. The van der Waals surface area contributed by atoms with E-state index in [1.807, 2.05) is 12.1 Å². The molecule has 7 nitrogen and oxygen atoms in total. The average molecular weight is 524 g/mol. The molecule has 0 fully saturated rings. The Hall–Kier alpha value is -2.62. The molecule has 2 aromatic carbocycles. The smallest absolute Gasteiger partial charge is 0.308 e. The van der Waals surface area contributed by atoms with Gasteiger partial charge < -0.3 is 14.4 Å². The number of amides is 1. The van der Waals surface area contributed by atoms with Gasteiger partial charge in [0.15, 0.2) is 16.7 Å². The van der Waals surface area contributed by atoms with E-state index in [9.17, 15) is 14.4 Å². The molecule has 2 aromatic rings. The largest absolute Gasteiger partial charge is 0.423 e. The Morgan fingerprint density at radius 1 is 1.13 bits per heavy atom. The molecule has 0 bridgehead atoms. The summed E-state index contributed by atoms with van der Waals surface area (Å²) < 4.78 is 10.7. The van der Waals surface area contributed by atoms with E-state index in [-0.39, 0.29) is 11.5 Å². The highest BCUT2D eigenvalue weighted by Gasteiger charge is 2.26. The van der Waals surface area contributed by atoms with Gasteiger partial charge in [-0.1, -0.05) is 11.6 Å². The van der Waals surface area contributed by atoms with Gasteiger partial charge in [0, 0.05) is 31.6 Å². The number of carbonyl (C=O) groups excluding carboxylic acids is 3. The average Bonchev–Trinajstić information content (AvgIpc) is 3.04. The van der Waals surface area contributed by atoms with Crippen molar-refractivity contribution < 1.29 is 23.9 Å². The maximum Gasteiger partial charge on any atom is 0.308 e. The fourth-order valence-corrected chi connectivity index (χ4v) is 4.18. The first-order chi connectivity index (χ1) is 14.6. The lowest BCUT2D eigenvalue weighted by Crippen LogP contribution is -2.21. The number of nitrogens with zero attached hydrogens (tertiary/aromatic N) is 2. The van der Waals surface area contributed by atoms with Crippen LogP contribution in [0.3, 0.4) is 0 Å². The lowest BCUT2D eigenvalue weighted by Gasteiger charge is -2.17. The first kappa shape index (κ1) is 23.1. The van der Waals surface area contributed by atoms with Gasteiger partial charge in [0.1, 0.15) is 0 Å². The van der Waals surface area contributed by atoms with Gasteiger partial charge in [-0.2, -0.15) is 4.99 Å². The minimum atomic E-state index is -0.577. The van der Waals surface area contributed by atoms with Gasteiger partial charge in [0.2, 0.25) is 0 Å². The molecular weight excluding hydrogens is 508 g/mol. The summed E-state index contributed by atoms with van der Waals surface area (Å²) in [7, 11) is 1.80. The highest BCUT2D eigenvalue weighted by Crippen LogP contribution is 2.39. The highest BCUT2D eigenvalue weighted by atomic mass is 79.9. The van der Waals surface area contributed by atoms with E-state index in [2.05, 4.69) is 20.9 Å². The maximum absolute atomic E-state index is 12.4. The Bertz CT molecular complexity index is 1130. The third-order valence-corrected chi connectivity index (χ3v) is 5.84. The highest BCUT2D eigenvalue weighted by molar-refractivity contribution is 9.10. The number of hydrogen-bond donors (Lipinski definition) is 0. The van der Waals surface area contributed by atoms with Crippen LogP contribution in [0.4, 0.5) is 5.69 Å². The first-order valence-electron chi connectivity index (χ1n) is 8.86. The van der Waals surface area contributed by atoms with Crippen molar-refractivity contribution in [2.45, 2.75) is 13.8 Å². The van der Waals surface area contributed by atoms with Crippen molar-refractivity contribution in [2.24, 2.45) is 4.99 Å². The summed E-state index contributed by atoms with van der Waals surface area (Å²) in [6.45, 7) is 2.48. The molecule has 0 atom stereocenters. The second-order valence-electron chi connectivity index (χ2n) is 6.36. The normalized spacial score (nSPS) is 14.4. The summed E-state index contributed by atoms with van der Waals surface area (Å²) in [5.74, 6) is -1.40. The molecule has 0 spiro atoms. The summed E-state index contributed by atoms with van der Waals surface area (Å²) in [5, 5.41) is 1.12. The quantitative estimate of drug-likeness (QED) is 0.315. The van der Waals surface area contributed by atoms with Crippen LogP contribution in [-0.2, 0) is 14.4 Å². The van der Waals surface area contributed by atoms with Crippen molar-refractivity contribution in [2.75, 3.05) is 11.9 Å². The molecule has 1 aliphatic rings. The number of carbonyl (C=O) groups is 3. The second kappa shape index (κ2) is 9.67. The zero-order valence-electron chi connectivity index (χ0n) is 16.6. The lowest BCUT2D eigenvalue weighted by atomic mass is 10.2. The monoisotopic (exact) mass is 522 g/mol. The van der Waals surface area contributed by atoms with Gasteiger partial charge in [0.05, 0.1) is 9.38 Å². The standard InChI is InChI=1S/C21H16BrClN2O5S/c1-11(26)29-17-9-13(8-16(22)19(17)30-12(2)27)10-18-20(28)24-21(31-18)25(3)15-6-4-14(23)5-7-15/h4-10H,1-3H3/b18-10+. The molecule has 160 valence electrons. The van der Waals surface area contributed by atoms with Gasteiger partial charge in [0.25, 0.3) is 5.91 Å². The summed E-state index contributed by atoms with van der Waals surface area (Å²) in [6.07, 6.45) is 1.62.